The zero-order valence-corrected chi connectivity index (χ0v) is 36.4. The van der Waals surface area contributed by atoms with E-state index in [-0.39, 0.29) is 0 Å². The highest BCUT2D eigenvalue weighted by molar-refractivity contribution is 5.92. The van der Waals surface area contributed by atoms with E-state index in [2.05, 4.69) is 278 Å². The van der Waals surface area contributed by atoms with Gasteiger partial charge in [0.1, 0.15) is 0 Å². The van der Waals surface area contributed by atoms with Gasteiger partial charge in [0.15, 0.2) is 0 Å². The monoisotopic (exact) mass is 839 g/mol. The first-order chi connectivity index (χ1) is 32.7. The Balaban J connectivity index is 0.944. The summed E-state index contributed by atoms with van der Waals surface area (Å²) < 4.78 is 0. The lowest BCUT2D eigenvalue weighted by atomic mass is 9.67. The number of hydrogen-bond acceptors (Lipinski definition) is 1. The molecule has 1 aliphatic carbocycles. The maximum atomic E-state index is 2.44. The zero-order valence-electron chi connectivity index (χ0n) is 36.4. The summed E-state index contributed by atoms with van der Waals surface area (Å²) in [5.74, 6) is 0. The molecule has 0 atom stereocenters. The summed E-state index contributed by atoms with van der Waals surface area (Å²) in [5.41, 5.74) is 20.1. The Morgan fingerprint density at radius 1 is 0.242 bits per heavy atom. The Bertz CT molecular complexity index is 3460. The highest BCUT2D eigenvalue weighted by Crippen LogP contribution is 2.56. The summed E-state index contributed by atoms with van der Waals surface area (Å²) in [7, 11) is 0. The molecule has 0 heterocycles. The molecule has 0 unspecified atom stereocenters. The van der Waals surface area contributed by atoms with E-state index in [1.807, 2.05) is 0 Å². The molecule has 0 saturated carbocycles. The number of para-hydroxylation sites is 1. The molecule has 12 rings (SSSR count). The van der Waals surface area contributed by atoms with E-state index in [0.717, 1.165) is 17.1 Å². The van der Waals surface area contributed by atoms with Crippen LogP contribution in [0.5, 0.6) is 0 Å². The fraction of sp³-hybridized carbons (Fsp3) is 0.0154. The van der Waals surface area contributed by atoms with Gasteiger partial charge in [-0.2, -0.15) is 0 Å². The lowest BCUT2D eigenvalue weighted by Crippen LogP contribution is -2.28. The van der Waals surface area contributed by atoms with Crippen molar-refractivity contribution in [3.8, 4) is 55.6 Å². The summed E-state index contributed by atoms with van der Waals surface area (Å²) in [6, 6.07) is 99.9. The number of fused-ring (bicyclic) bond motifs is 4. The molecule has 0 fully saturated rings. The fourth-order valence-electron chi connectivity index (χ4n) is 10.4. The summed E-state index contributed by atoms with van der Waals surface area (Å²) in [5, 5.41) is 2.50. The molecule has 0 radical (unpaired) electrons. The van der Waals surface area contributed by atoms with E-state index < -0.39 is 5.41 Å². The smallest absolute Gasteiger partial charge is 0.0713 e. The Labute approximate surface area is 387 Å². The molecule has 0 aromatic heterocycles. The van der Waals surface area contributed by atoms with Crippen LogP contribution in [-0.4, -0.2) is 0 Å². The molecule has 0 N–H and O–H groups in total. The Kier molecular flexibility index (Phi) is 9.81. The van der Waals surface area contributed by atoms with Crippen LogP contribution in [0.2, 0.25) is 0 Å². The van der Waals surface area contributed by atoms with Crippen molar-refractivity contribution in [3.05, 3.63) is 295 Å². The average Bonchev–Trinajstić information content (AvgIpc) is 3.70. The molecule has 66 heavy (non-hydrogen) atoms. The molecule has 310 valence electrons. The quantitative estimate of drug-likeness (QED) is 0.140. The van der Waals surface area contributed by atoms with Gasteiger partial charge >= 0.3 is 0 Å². The van der Waals surface area contributed by atoms with Gasteiger partial charge in [-0.25, -0.2) is 0 Å². The standard InChI is InChI=1S/C65H45N/c1-4-18-49(19-5-1)59-27-13-15-30-64(59)66(57-38-33-47(34-39-57)51-21-16-22-52(43-51)53-32-31-46-17-10-11-20-50(46)44-53)58-40-35-48(36-41-58)54-37-42-61-60-28-12-14-29-62(60)65(63(61)45-54,55-23-6-2-7-24-55)56-25-8-3-9-26-56/h1-45H. The number of benzene rings is 11. The molecule has 0 bridgehead atoms. The van der Waals surface area contributed by atoms with Crippen LogP contribution in [0.25, 0.3) is 66.4 Å². The topological polar surface area (TPSA) is 3.24 Å². The number of nitrogens with zero attached hydrogens (tertiary/aromatic N) is 1. The predicted octanol–water partition coefficient (Wildman–Crippen LogP) is 17.3. The van der Waals surface area contributed by atoms with Crippen molar-refractivity contribution in [2.45, 2.75) is 5.41 Å². The van der Waals surface area contributed by atoms with Gasteiger partial charge in [0.2, 0.25) is 0 Å². The molecule has 11 aromatic rings. The van der Waals surface area contributed by atoms with E-state index in [9.17, 15) is 0 Å². The second-order valence-electron chi connectivity index (χ2n) is 17.2. The fourth-order valence-corrected chi connectivity index (χ4v) is 10.4. The minimum absolute atomic E-state index is 0.452. The minimum atomic E-state index is -0.452. The van der Waals surface area contributed by atoms with Gasteiger partial charge in [0, 0.05) is 16.9 Å². The van der Waals surface area contributed by atoms with E-state index in [4.69, 9.17) is 0 Å². The highest BCUT2D eigenvalue weighted by Gasteiger charge is 2.46. The summed E-state index contributed by atoms with van der Waals surface area (Å²) >= 11 is 0. The molecule has 0 saturated heterocycles. The van der Waals surface area contributed by atoms with Gasteiger partial charge in [-0.1, -0.05) is 224 Å². The van der Waals surface area contributed by atoms with E-state index in [1.54, 1.807) is 0 Å². The maximum Gasteiger partial charge on any atom is 0.0713 e. The van der Waals surface area contributed by atoms with Crippen molar-refractivity contribution >= 4 is 27.8 Å². The third-order valence-electron chi connectivity index (χ3n) is 13.6. The normalized spacial score (nSPS) is 12.4. The first-order valence-electron chi connectivity index (χ1n) is 22.8. The van der Waals surface area contributed by atoms with Gasteiger partial charge in [-0.15, -0.1) is 0 Å². The van der Waals surface area contributed by atoms with Gasteiger partial charge in [0.05, 0.1) is 11.1 Å². The average molecular weight is 840 g/mol. The van der Waals surface area contributed by atoms with E-state index in [0.29, 0.717) is 0 Å². The summed E-state index contributed by atoms with van der Waals surface area (Å²) in [6.07, 6.45) is 0. The molecular weight excluding hydrogens is 795 g/mol. The van der Waals surface area contributed by atoms with Crippen molar-refractivity contribution in [2.75, 3.05) is 4.90 Å². The van der Waals surface area contributed by atoms with Crippen molar-refractivity contribution in [1.82, 2.24) is 0 Å². The third-order valence-corrected chi connectivity index (χ3v) is 13.6. The minimum Gasteiger partial charge on any atom is -0.310 e. The molecule has 1 aliphatic rings. The molecule has 0 aliphatic heterocycles. The Morgan fingerprint density at radius 2 is 0.697 bits per heavy atom. The molecule has 11 aromatic carbocycles. The SMILES string of the molecule is c1ccc(-c2ccccc2N(c2ccc(-c3cccc(-c4ccc5ccccc5c4)c3)cc2)c2ccc(-c3ccc4c(c3)C(c3ccccc3)(c3ccccc3)c3ccccc3-4)cc2)cc1. The van der Waals surface area contributed by atoms with Gasteiger partial charge in [0.25, 0.3) is 0 Å². The lowest BCUT2D eigenvalue weighted by molar-refractivity contribution is 0.769. The third kappa shape index (κ3) is 6.73. The van der Waals surface area contributed by atoms with Crippen LogP contribution in [0.4, 0.5) is 17.1 Å². The molecule has 0 spiro atoms. The van der Waals surface area contributed by atoms with Crippen LogP contribution >= 0.6 is 0 Å². The number of anilines is 3. The van der Waals surface area contributed by atoms with Crippen molar-refractivity contribution in [2.24, 2.45) is 0 Å². The second kappa shape index (κ2) is 16.6. The Morgan fingerprint density at radius 3 is 1.36 bits per heavy atom. The maximum absolute atomic E-state index is 2.44. The first kappa shape index (κ1) is 39.1. The van der Waals surface area contributed by atoms with Crippen LogP contribution in [0, 0.1) is 0 Å². The second-order valence-corrected chi connectivity index (χ2v) is 17.2. The molecule has 1 nitrogen and oxygen atoms in total. The van der Waals surface area contributed by atoms with Crippen LogP contribution in [0.1, 0.15) is 22.3 Å². The highest BCUT2D eigenvalue weighted by atomic mass is 15.1. The number of rotatable bonds is 9. The molecule has 0 amide bonds. The molecular formula is C65H45N. The van der Waals surface area contributed by atoms with Crippen molar-refractivity contribution in [1.29, 1.82) is 0 Å². The number of hydrogen-bond donors (Lipinski definition) is 0. The first-order valence-corrected chi connectivity index (χ1v) is 22.8. The van der Waals surface area contributed by atoms with E-state index in [1.165, 1.54) is 88.7 Å². The molecule has 1 heteroatoms. The summed E-state index contributed by atoms with van der Waals surface area (Å²) in [6.45, 7) is 0. The van der Waals surface area contributed by atoms with Gasteiger partial charge in [-0.05, 0) is 132 Å². The summed E-state index contributed by atoms with van der Waals surface area (Å²) in [4.78, 5) is 2.40. The van der Waals surface area contributed by atoms with Crippen LogP contribution < -0.4 is 4.90 Å². The van der Waals surface area contributed by atoms with Crippen LogP contribution in [0.15, 0.2) is 273 Å². The zero-order chi connectivity index (χ0) is 43.9. The van der Waals surface area contributed by atoms with Crippen molar-refractivity contribution in [3.63, 3.8) is 0 Å². The van der Waals surface area contributed by atoms with E-state index >= 15 is 0 Å². The van der Waals surface area contributed by atoms with Gasteiger partial charge < -0.3 is 4.90 Å². The van der Waals surface area contributed by atoms with Gasteiger partial charge in [-0.3, -0.25) is 0 Å². The largest absolute Gasteiger partial charge is 0.310 e. The Hall–Kier alpha value is -8.52. The van der Waals surface area contributed by atoms with Crippen molar-refractivity contribution < 1.29 is 0 Å². The van der Waals surface area contributed by atoms with Crippen LogP contribution in [0.3, 0.4) is 0 Å². The van der Waals surface area contributed by atoms with Crippen LogP contribution in [-0.2, 0) is 5.41 Å². The predicted molar refractivity (Wildman–Crippen MR) is 278 cm³/mol. The lowest BCUT2D eigenvalue weighted by Gasteiger charge is -2.34.